The van der Waals surface area contributed by atoms with E-state index in [1.165, 1.54) is 22.7 Å². The Morgan fingerprint density at radius 2 is 2.33 bits per heavy atom. The van der Waals surface area contributed by atoms with Gasteiger partial charge in [0.25, 0.3) is 0 Å². The number of hydrogen-bond acceptors (Lipinski definition) is 3. The number of carboxylic acids is 1. The first kappa shape index (κ1) is 9.45. The number of aromatic nitrogens is 2. The molecule has 0 spiro atoms. The van der Waals surface area contributed by atoms with Crippen LogP contribution >= 0.6 is 0 Å². The molecule has 0 atom stereocenters. The van der Waals surface area contributed by atoms with Crippen LogP contribution in [0.2, 0.25) is 0 Å². The molecule has 0 aliphatic heterocycles. The molecule has 0 aliphatic carbocycles. The van der Waals surface area contributed by atoms with Crippen molar-refractivity contribution in [2.24, 2.45) is 0 Å². The van der Waals surface area contributed by atoms with E-state index in [2.05, 4.69) is 4.98 Å². The van der Waals surface area contributed by atoms with Crippen LogP contribution in [0, 0.1) is 5.82 Å². The van der Waals surface area contributed by atoms with Crippen LogP contribution in [0.3, 0.4) is 0 Å². The maximum atomic E-state index is 12.9. The highest BCUT2D eigenvalue weighted by molar-refractivity contribution is 5.72. The number of hydrogen-bond donors (Lipinski definition) is 2. The summed E-state index contributed by atoms with van der Waals surface area (Å²) in [5.41, 5.74) is 6.31. The van der Waals surface area contributed by atoms with Gasteiger partial charge in [-0.3, -0.25) is 9.20 Å². The fourth-order valence-electron chi connectivity index (χ4n) is 1.36. The first-order valence-corrected chi connectivity index (χ1v) is 4.21. The fourth-order valence-corrected chi connectivity index (χ4v) is 1.36. The molecule has 3 N–H and O–H groups in total. The first-order chi connectivity index (χ1) is 7.08. The fraction of sp³-hybridized carbons (Fsp3) is 0.111. The zero-order valence-electron chi connectivity index (χ0n) is 7.64. The van der Waals surface area contributed by atoms with Crippen LogP contribution in [0.4, 0.5) is 10.2 Å². The minimum atomic E-state index is -1.02. The van der Waals surface area contributed by atoms with E-state index in [1.807, 2.05) is 0 Å². The van der Waals surface area contributed by atoms with Crippen molar-refractivity contribution in [3.8, 4) is 0 Å². The van der Waals surface area contributed by atoms with E-state index < -0.39 is 11.8 Å². The Morgan fingerprint density at radius 3 is 3.00 bits per heavy atom. The van der Waals surface area contributed by atoms with Gasteiger partial charge in [0.05, 0.1) is 12.1 Å². The molecule has 2 aromatic heterocycles. The molecule has 0 bridgehead atoms. The summed E-state index contributed by atoms with van der Waals surface area (Å²) in [5.74, 6) is -1.31. The standard InChI is InChI=1S/C9H8FN3O2/c10-5-1-2-7-12-6(3-8(14)15)9(11)13(7)4-5/h1-2,4H,3,11H2,(H,14,15). The van der Waals surface area contributed by atoms with E-state index in [0.29, 0.717) is 5.65 Å². The summed E-state index contributed by atoms with van der Waals surface area (Å²) in [5, 5.41) is 8.59. The number of rotatable bonds is 2. The molecule has 0 aliphatic rings. The summed E-state index contributed by atoms with van der Waals surface area (Å²) in [6.07, 6.45) is 0.901. The molecule has 2 rings (SSSR count). The molecule has 15 heavy (non-hydrogen) atoms. The van der Waals surface area contributed by atoms with Crippen molar-refractivity contribution in [1.29, 1.82) is 0 Å². The minimum Gasteiger partial charge on any atom is -0.481 e. The SMILES string of the molecule is Nc1c(CC(=O)O)nc2ccc(F)cn12. The van der Waals surface area contributed by atoms with Crippen LogP contribution in [0.25, 0.3) is 5.65 Å². The average molecular weight is 209 g/mol. The number of nitrogens with two attached hydrogens (primary N) is 1. The molecule has 5 nitrogen and oxygen atoms in total. The average Bonchev–Trinajstić information content (AvgIpc) is 2.44. The van der Waals surface area contributed by atoms with E-state index >= 15 is 0 Å². The van der Waals surface area contributed by atoms with Crippen LogP contribution in [0.15, 0.2) is 18.3 Å². The summed E-state index contributed by atoms with van der Waals surface area (Å²) in [6.45, 7) is 0. The molecular formula is C9H8FN3O2. The Bertz CT molecular complexity index is 535. The maximum Gasteiger partial charge on any atom is 0.309 e. The van der Waals surface area contributed by atoms with Gasteiger partial charge in [-0.2, -0.15) is 0 Å². The monoisotopic (exact) mass is 209 g/mol. The lowest BCUT2D eigenvalue weighted by Gasteiger charge is -1.96. The van der Waals surface area contributed by atoms with Crippen molar-refractivity contribution in [2.75, 3.05) is 5.73 Å². The molecule has 0 fully saturated rings. The predicted octanol–water partition coefficient (Wildman–Crippen LogP) is 0.683. The van der Waals surface area contributed by atoms with Gasteiger partial charge in [0, 0.05) is 6.20 Å². The molecule has 2 heterocycles. The van der Waals surface area contributed by atoms with E-state index in [-0.39, 0.29) is 17.9 Å². The number of pyridine rings is 1. The van der Waals surface area contributed by atoms with Gasteiger partial charge in [-0.05, 0) is 12.1 Å². The second kappa shape index (κ2) is 3.23. The number of halogens is 1. The van der Waals surface area contributed by atoms with Crippen molar-refractivity contribution < 1.29 is 14.3 Å². The quantitative estimate of drug-likeness (QED) is 0.762. The summed E-state index contributed by atoms with van der Waals surface area (Å²) >= 11 is 0. The highest BCUT2D eigenvalue weighted by atomic mass is 19.1. The summed E-state index contributed by atoms with van der Waals surface area (Å²) in [6, 6.07) is 2.68. The van der Waals surface area contributed by atoms with E-state index in [9.17, 15) is 9.18 Å². The van der Waals surface area contributed by atoms with E-state index in [4.69, 9.17) is 10.8 Å². The van der Waals surface area contributed by atoms with Crippen molar-refractivity contribution in [3.63, 3.8) is 0 Å². The zero-order chi connectivity index (χ0) is 11.0. The van der Waals surface area contributed by atoms with Gasteiger partial charge in [-0.15, -0.1) is 0 Å². The van der Waals surface area contributed by atoms with Crippen LogP contribution in [0.1, 0.15) is 5.69 Å². The van der Waals surface area contributed by atoms with Gasteiger partial charge in [-0.1, -0.05) is 0 Å². The largest absolute Gasteiger partial charge is 0.481 e. The Kier molecular flexibility index (Phi) is 2.03. The zero-order valence-corrected chi connectivity index (χ0v) is 7.64. The molecule has 2 aromatic rings. The summed E-state index contributed by atoms with van der Waals surface area (Å²) in [4.78, 5) is 14.5. The number of imidazole rings is 1. The second-order valence-electron chi connectivity index (χ2n) is 3.09. The van der Waals surface area contributed by atoms with Gasteiger partial charge in [0.2, 0.25) is 0 Å². The van der Waals surface area contributed by atoms with Gasteiger partial charge >= 0.3 is 5.97 Å². The highest BCUT2D eigenvalue weighted by Gasteiger charge is 2.12. The van der Waals surface area contributed by atoms with Crippen molar-refractivity contribution >= 4 is 17.4 Å². The minimum absolute atomic E-state index is 0.159. The highest BCUT2D eigenvalue weighted by Crippen LogP contribution is 2.16. The van der Waals surface area contributed by atoms with Crippen molar-refractivity contribution in [2.45, 2.75) is 6.42 Å². The Balaban J connectivity index is 2.59. The van der Waals surface area contributed by atoms with Crippen molar-refractivity contribution in [3.05, 3.63) is 29.8 Å². The molecule has 0 amide bonds. The molecular weight excluding hydrogens is 201 g/mol. The molecule has 0 saturated heterocycles. The van der Waals surface area contributed by atoms with Gasteiger partial charge in [0.15, 0.2) is 0 Å². The molecule has 0 aromatic carbocycles. The number of carbonyl (C=O) groups is 1. The number of nitrogens with zero attached hydrogens (tertiary/aromatic N) is 2. The van der Waals surface area contributed by atoms with Gasteiger partial charge < -0.3 is 10.8 Å². The Morgan fingerprint density at radius 1 is 1.60 bits per heavy atom. The van der Waals surface area contributed by atoms with Crippen LogP contribution in [0.5, 0.6) is 0 Å². The molecule has 6 heteroatoms. The molecule has 0 radical (unpaired) electrons. The van der Waals surface area contributed by atoms with Crippen LogP contribution < -0.4 is 5.73 Å². The predicted molar refractivity (Wildman–Crippen MR) is 50.9 cm³/mol. The number of aliphatic carboxylic acids is 1. The Labute approximate surface area is 84.0 Å². The smallest absolute Gasteiger partial charge is 0.309 e. The molecule has 0 saturated carbocycles. The van der Waals surface area contributed by atoms with Gasteiger partial charge in [0.1, 0.15) is 17.3 Å². The summed E-state index contributed by atoms with van der Waals surface area (Å²) < 4.78 is 14.2. The first-order valence-electron chi connectivity index (χ1n) is 4.21. The number of carboxylic acid groups (broad SMARTS) is 1. The number of nitrogen functional groups attached to an aromatic ring is 1. The van der Waals surface area contributed by atoms with Crippen LogP contribution in [-0.2, 0) is 11.2 Å². The lowest BCUT2D eigenvalue weighted by atomic mass is 10.3. The lowest BCUT2D eigenvalue weighted by Crippen LogP contribution is -2.04. The third-order valence-electron chi connectivity index (χ3n) is 2.01. The third-order valence-corrected chi connectivity index (χ3v) is 2.01. The van der Waals surface area contributed by atoms with Crippen molar-refractivity contribution in [1.82, 2.24) is 9.38 Å². The molecule has 0 unspecified atom stereocenters. The number of fused-ring (bicyclic) bond motifs is 1. The maximum absolute atomic E-state index is 12.9. The second-order valence-corrected chi connectivity index (χ2v) is 3.09. The van der Waals surface area contributed by atoms with E-state index in [0.717, 1.165) is 0 Å². The van der Waals surface area contributed by atoms with E-state index in [1.54, 1.807) is 0 Å². The topological polar surface area (TPSA) is 80.6 Å². The summed E-state index contributed by atoms with van der Waals surface area (Å²) in [7, 11) is 0. The van der Waals surface area contributed by atoms with Gasteiger partial charge in [-0.25, -0.2) is 9.37 Å². The normalized spacial score (nSPS) is 10.7. The lowest BCUT2D eigenvalue weighted by molar-refractivity contribution is -0.136. The van der Waals surface area contributed by atoms with Crippen LogP contribution in [-0.4, -0.2) is 20.5 Å². The number of anilines is 1. The third kappa shape index (κ3) is 1.61. The molecule has 78 valence electrons. The Hall–Kier alpha value is -2.11.